The first kappa shape index (κ1) is 28.1. The smallest absolute Gasteiger partial charge is 0.293 e. The monoisotopic (exact) mass is 496 g/mol. The molecule has 33 heavy (non-hydrogen) atoms. The van der Waals surface area contributed by atoms with E-state index in [1.54, 1.807) is 12.3 Å². The van der Waals surface area contributed by atoms with E-state index in [2.05, 4.69) is 53.5 Å². The van der Waals surface area contributed by atoms with Gasteiger partial charge in [0.1, 0.15) is 6.20 Å². The third-order valence-corrected chi connectivity index (χ3v) is 17.4. The fraction of sp³-hybridized carbons (Fsp3) is 0.792. The molecule has 7 nitrogen and oxygen atoms in total. The predicted molar refractivity (Wildman–Crippen MR) is 137 cm³/mol. The molecule has 0 unspecified atom stereocenters. The van der Waals surface area contributed by atoms with Crippen molar-refractivity contribution in [1.29, 1.82) is 0 Å². The summed E-state index contributed by atoms with van der Waals surface area (Å²) in [6.45, 7) is 17.6. The molecule has 1 aromatic heterocycles. The second kappa shape index (κ2) is 12.0. The fourth-order valence-electron chi connectivity index (χ4n) is 5.23. The summed E-state index contributed by atoms with van der Waals surface area (Å²) in [5, 5.41) is 11.7. The van der Waals surface area contributed by atoms with Gasteiger partial charge in [0.15, 0.2) is 16.6 Å². The van der Waals surface area contributed by atoms with E-state index < -0.39 is 22.7 Å². The van der Waals surface area contributed by atoms with Gasteiger partial charge < -0.3 is 13.6 Å². The zero-order chi connectivity index (χ0) is 24.8. The lowest BCUT2D eigenvalue weighted by Crippen LogP contribution is -2.59. The van der Waals surface area contributed by atoms with E-state index in [4.69, 9.17) is 13.6 Å². The molecule has 188 valence electrons. The number of rotatable bonds is 12. The topological polar surface area (TPSA) is 83.7 Å². The Hall–Kier alpha value is -1.14. The summed E-state index contributed by atoms with van der Waals surface area (Å²) < 4.78 is 20.7. The van der Waals surface area contributed by atoms with E-state index in [-0.39, 0.29) is 34.8 Å². The van der Waals surface area contributed by atoms with E-state index in [9.17, 15) is 10.1 Å². The van der Waals surface area contributed by atoms with Crippen LogP contribution in [0.4, 0.5) is 5.69 Å². The molecule has 9 heteroatoms. The van der Waals surface area contributed by atoms with Crippen LogP contribution in [0.2, 0.25) is 36.3 Å². The highest BCUT2D eigenvalue weighted by atomic mass is 28.4. The van der Waals surface area contributed by atoms with Crippen LogP contribution in [-0.2, 0) is 13.6 Å². The molecule has 5 atom stereocenters. The zero-order valence-corrected chi connectivity index (χ0v) is 23.8. The lowest BCUT2D eigenvalue weighted by molar-refractivity contribution is -0.387. The standard InChI is InChI=1S/C24H44N2O5Si2/c1-9-32(10-2,11-3)30-23-18(7)22(20-15-16-25-17-21(20)26(27)28)29-19(8)24(23)31-33(12-4,13-5)14-6/h15-19,22-24H,9-14H2,1-8H3/t18-,19-,22-,23-,24+/m1/s1. The first-order valence-electron chi connectivity index (χ1n) is 12.8. The van der Waals surface area contributed by atoms with Crippen molar-refractivity contribution in [3.05, 3.63) is 34.1 Å². The van der Waals surface area contributed by atoms with Crippen LogP contribution in [0.1, 0.15) is 67.1 Å². The van der Waals surface area contributed by atoms with Gasteiger partial charge in [-0.05, 0) is 49.3 Å². The van der Waals surface area contributed by atoms with Gasteiger partial charge in [-0.25, -0.2) is 0 Å². The van der Waals surface area contributed by atoms with Gasteiger partial charge in [0, 0.05) is 12.1 Å². The second-order valence-corrected chi connectivity index (χ2v) is 18.9. The minimum atomic E-state index is -1.96. The van der Waals surface area contributed by atoms with Gasteiger partial charge in [-0.3, -0.25) is 15.1 Å². The Morgan fingerprint density at radius 2 is 1.42 bits per heavy atom. The van der Waals surface area contributed by atoms with Crippen LogP contribution >= 0.6 is 0 Å². The SMILES string of the molecule is CC[Si](CC)(CC)O[C@@H]1[C@H](C)[C@H](c2ccncc2[N+](=O)[O-])O[C@H](C)[C@@H]1O[Si](CC)(CC)CC. The van der Waals surface area contributed by atoms with Gasteiger partial charge in [0.05, 0.1) is 34.9 Å². The maximum absolute atomic E-state index is 11.7. The van der Waals surface area contributed by atoms with Crippen LogP contribution in [-0.4, -0.2) is 44.9 Å². The number of nitrogens with zero attached hydrogens (tertiary/aromatic N) is 2. The average molecular weight is 497 g/mol. The van der Waals surface area contributed by atoms with Gasteiger partial charge in [-0.2, -0.15) is 0 Å². The molecular formula is C24H44N2O5Si2. The Bertz CT molecular complexity index is 756. The molecular weight excluding hydrogens is 452 g/mol. The van der Waals surface area contributed by atoms with Crippen molar-refractivity contribution in [2.75, 3.05) is 0 Å². The van der Waals surface area contributed by atoms with Crippen molar-refractivity contribution in [2.45, 2.75) is 116 Å². The summed E-state index contributed by atoms with van der Waals surface area (Å²) >= 11 is 0. The molecule has 0 aromatic carbocycles. The lowest BCUT2D eigenvalue weighted by Gasteiger charge is -2.50. The second-order valence-electron chi connectivity index (χ2n) is 9.46. The molecule has 1 aliphatic rings. The van der Waals surface area contributed by atoms with Crippen molar-refractivity contribution >= 4 is 22.3 Å². The largest absolute Gasteiger partial charge is 0.411 e. The molecule has 0 spiro atoms. The molecule has 1 aliphatic heterocycles. The first-order valence-corrected chi connectivity index (χ1v) is 17.8. The van der Waals surface area contributed by atoms with Crippen molar-refractivity contribution in [3.8, 4) is 0 Å². The molecule has 0 amide bonds. The Kier molecular flexibility index (Phi) is 10.2. The Morgan fingerprint density at radius 3 is 1.88 bits per heavy atom. The number of hydrogen-bond donors (Lipinski definition) is 0. The van der Waals surface area contributed by atoms with Gasteiger partial charge in [0.25, 0.3) is 5.69 Å². The van der Waals surface area contributed by atoms with Crippen LogP contribution in [0, 0.1) is 16.0 Å². The van der Waals surface area contributed by atoms with Gasteiger partial charge in [-0.1, -0.05) is 48.5 Å². The molecule has 1 saturated heterocycles. The molecule has 0 bridgehead atoms. The summed E-state index contributed by atoms with van der Waals surface area (Å²) in [6.07, 6.45) is 1.94. The first-order chi connectivity index (χ1) is 15.7. The minimum Gasteiger partial charge on any atom is -0.411 e. The lowest BCUT2D eigenvalue weighted by atomic mass is 9.85. The van der Waals surface area contributed by atoms with Crippen LogP contribution in [0.3, 0.4) is 0 Å². The van der Waals surface area contributed by atoms with Crippen molar-refractivity contribution in [2.24, 2.45) is 5.92 Å². The average Bonchev–Trinajstić information content (AvgIpc) is 2.84. The van der Waals surface area contributed by atoms with E-state index >= 15 is 0 Å². The molecule has 1 fully saturated rings. The number of hydrogen-bond acceptors (Lipinski definition) is 6. The van der Waals surface area contributed by atoms with Crippen molar-refractivity contribution in [3.63, 3.8) is 0 Å². The Balaban J connectivity index is 2.54. The van der Waals surface area contributed by atoms with Crippen LogP contribution < -0.4 is 0 Å². The third kappa shape index (κ3) is 5.93. The molecule has 0 aliphatic carbocycles. The van der Waals surface area contributed by atoms with E-state index in [1.165, 1.54) is 6.20 Å². The van der Waals surface area contributed by atoms with E-state index in [0.717, 1.165) is 36.3 Å². The number of ether oxygens (including phenoxy) is 1. The molecule has 0 N–H and O–H groups in total. The fourth-order valence-corrected chi connectivity index (χ4v) is 11.1. The summed E-state index contributed by atoms with van der Waals surface area (Å²) in [5.74, 6) is -0.0823. The Morgan fingerprint density at radius 1 is 0.939 bits per heavy atom. The summed E-state index contributed by atoms with van der Waals surface area (Å²) in [7, 11) is -3.87. The van der Waals surface area contributed by atoms with Gasteiger partial charge in [0.2, 0.25) is 0 Å². The highest BCUT2D eigenvalue weighted by Gasteiger charge is 2.50. The highest BCUT2D eigenvalue weighted by molar-refractivity contribution is 6.74. The summed E-state index contributed by atoms with van der Waals surface area (Å²) in [6, 6.07) is 8.03. The number of nitro groups is 1. The number of aromatic nitrogens is 1. The maximum Gasteiger partial charge on any atom is 0.293 e. The predicted octanol–water partition coefficient (Wildman–Crippen LogP) is 6.87. The van der Waals surface area contributed by atoms with Crippen LogP contribution in [0.25, 0.3) is 0 Å². The molecule has 0 radical (unpaired) electrons. The van der Waals surface area contributed by atoms with E-state index in [1.807, 2.05) is 6.92 Å². The molecule has 1 aromatic rings. The quantitative estimate of drug-likeness (QED) is 0.178. The van der Waals surface area contributed by atoms with Crippen LogP contribution in [0.15, 0.2) is 18.5 Å². The molecule has 2 rings (SSSR count). The Labute approximate surface area is 202 Å². The summed E-state index contributed by atoms with van der Waals surface area (Å²) in [5.41, 5.74) is 0.576. The zero-order valence-electron chi connectivity index (χ0n) is 21.8. The van der Waals surface area contributed by atoms with Gasteiger partial charge in [-0.15, -0.1) is 0 Å². The number of pyridine rings is 1. The molecule has 2 heterocycles. The van der Waals surface area contributed by atoms with Gasteiger partial charge >= 0.3 is 0 Å². The summed E-state index contributed by atoms with van der Waals surface area (Å²) in [4.78, 5) is 15.3. The minimum absolute atomic E-state index is 0.00375. The normalized spacial score (nSPS) is 26.4. The van der Waals surface area contributed by atoms with E-state index in [0.29, 0.717) is 5.56 Å². The van der Waals surface area contributed by atoms with Crippen LogP contribution in [0.5, 0.6) is 0 Å². The third-order valence-electron chi connectivity index (χ3n) is 8.12. The molecule has 0 saturated carbocycles. The van der Waals surface area contributed by atoms with Crippen molar-refractivity contribution < 1.29 is 18.5 Å². The van der Waals surface area contributed by atoms with Crippen molar-refractivity contribution in [1.82, 2.24) is 4.98 Å². The highest BCUT2D eigenvalue weighted by Crippen LogP contribution is 2.44. The maximum atomic E-state index is 11.7.